The lowest BCUT2D eigenvalue weighted by Gasteiger charge is -2.08. The van der Waals surface area contributed by atoms with Crippen molar-refractivity contribution in [2.24, 2.45) is 5.14 Å². The first-order chi connectivity index (χ1) is 5.91. The van der Waals surface area contributed by atoms with Crippen LogP contribution in [0.4, 0.5) is 4.39 Å². The summed E-state index contributed by atoms with van der Waals surface area (Å²) in [5, 5.41) is 4.13. The molecule has 0 aliphatic rings. The van der Waals surface area contributed by atoms with Gasteiger partial charge in [0, 0.05) is 0 Å². The molecule has 1 unspecified atom stereocenters. The Morgan fingerprint density at radius 3 is 2.15 bits per heavy atom. The topological polar surface area (TPSA) is 60.2 Å². The van der Waals surface area contributed by atoms with Crippen molar-refractivity contribution in [3.63, 3.8) is 0 Å². The maximum absolute atomic E-state index is 12.5. The molecule has 5 heteroatoms. The highest BCUT2D eigenvalue weighted by Gasteiger charge is 2.17. The zero-order valence-electron chi connectivity index (χ0n) is 7.07. The van der Waals surface area contributed by atoms with E-state index in [-0.39, 0.29) is 0 Å². The number of hydrogen-bond acceptors (Lipinski definition) is 2. The Labute approximate surface area is 76.4 Å². The summed E-state index contributed by atoms with van der Waals surface area (Å²) in [6.07, 6.45) is 0. The minimum atomic E-state index is -3.59. The lowest BCUT2D eigenvalue weighted by Crippen LogP contribution is -2.19. The van der Waals surface area contributed by atoms with Crippen molar-refractivity contribution in [3.8, 4) is 0 Å². The molecule has 0 radical (unpaired) electrons. The first-order valence-electron chi connectivity index (χ1n) is 3.68. The van der Waals surface area contributed by atoms with E-state index in [4.69, 9.17) is 5.14 Å². The van der Waals surface area contributed by atoms with Gasteiger partial charge in [-0.25, -0.2) is 17.9 Å². The van der Waals surface area contributed by atoms with Crippen LogP contribution in [0.15, 0.2) is 24.3 Å². The van der Waals surface area contributed by atoms with Gasteiger partial charge in [-0.3, -0.25) is 0 Å². The molecule has 1 rings (SSSR count). The summed E-state index contributed by atoms with van der Waals surface area (Å²) in [5.74, 6) is -0.398. The van der Waals surface area contributed by atoms with Gasteiger partial charge >= 0.3 is 0 Å². The Balaban J connectivity index is 3.04. The van der Waals surface area contributed by atoms with Crippen LogP contribution in [-0.2, 0) is 10.0 Å². The van der Waals surface area contributed by atoms with Crippen LogP contribution in [0.3, 0.4) is 0 Å². The van der Waals surface area contributed by atoms with Gasteiger partial charge in [0.1, 0.15) is 5.82 Å². The summed E-state index contributed by atoms with van der Waals surface area (Å²) in [6.45, 7) is 1.46. The van der Waals surface area contributed by atoms with E-state index in [9.17, 15) is 12.8 Å². The van der Waals surface area contributed by atoms with Gasteiger partial charge < -0.3 is 0 Å². The minimum Gasteiger partial charge on any atom is -0.228 e. The highest BCUT2D eigenvalue weighted by atomic mass is 32.2. The van der Waals surface area contributed by atoms with E-state index in [2.05, 4.69) is 0 Å². The van der Waals surface area contributed by atoms with Crippen molar-refractivity contribution in [2.75, 3.05) is 0 Å². The summed E-state index contributed by atoms with van der Waals surface area (Å²) in [4.78, 5) is 0. The third-order valence-electron chi connectivity index (χ3n) is 1.83. The Morgan fingerprint density at radius 1 is 1.31 bits per heavy atom. The third-order valence-corrected chi connectivity index (χ3v) is 3.09. The van der Waals surface area contributed by atoms with E-state index < -0.39 is 21.1 Å². The quantitative estimate of drug-likeness (QED) is 0.784. The Bertz CT molecular complexity index is 385. The van der Waals surface area contributed by atoms with E-state index in [1.54, 1.807) is 0 Å². The summed E-state index contributed by atoms with van der Waals surface area (Å²) in [6, 6.07) is 5.23. The van der Waals surface area contributed by atoms with Crippen LogP contribution in [0.5, 0.6) is 0 Å². The van der Waals surface area contributed by atoms with Crippen LogP contribution in [0.2, 0.25) is 0 Å². The largest absolute Gasteiger partial charge is 0.228 e. The first kappa shape index (κ1) is 10.1. The lowest BCUT2D eigenvalue weighted by atomic mass is 10.2. The van der Waals surface area contributed by atoms with Crippen molar-refractivity contribution in [3.05, 3.63) is 35.6 Å². The van der Waals surface area contributed by atoms with Crippen LogP contribution in [-0.4, -0.2) is 8.42 Å². The molecule has 2 N–H and O–H groups in total. The van der Waals surface area contributed by atoms with Gasteiger partial charge in [0.05, 0.1) is 5.25 Å². The van der Waals surface area contributed by atoms with Crippen molar-refractivity contribution in [1.29, 1.82) is 0 Å². The van der Waals surface area contributed by atoms with Gasteiger partial charge in [-0.15, -0.1) is 0 Å². The molecule has 0 amide bonds. The summed E-state index contributed by atoms with van der Waals surface area (Å²) in [7, 11) is -3.59. The molecule has 1 aromatic rings. The van der Waals surface area contributed by atoms with Gasteiger partial charge in [0.2, 0.25) is 10.0 Å². The first-order valence-corrected chi connectivity index (χ1v) is 5.29. The maximum atomic E-state index is 12.5. The predicted octanol–water partition coefficient (Wildman–Crippen LogP) is 1.18. The fourth-order valence-electron chi connectivity index (χ4n) is 0.923. The Hall–Kier alpha value is -0.940. The monoisotopic (exact) mass is 203 g/mol. The van der Waals surface area contributed by atoms with E-state index in [0.717, 1.165) is 0 Å². The molecule has 0 spiro atoms. The van der Waals surface area contributed by atoms with Crippen molar-refractivity contribution < 1.29 is 12.8 Å². The molecular formula is C8H10FNO2S. The van der Waals surface area contributed by atoms with E-state index in [1.165, 1.54) is 31.2 Å². The number of sulfonamides is 1. The average molecular weight is 203 g/mol. The molecule has 3 nitrogen and oxygen atoms in total. The van der Waals surface area contributed by atoms with Gasteiger partial charge in [0.15, 0.2) is 0 Å². The fourth-order valence-corrected chi connectivity index (χ4v) is 1.46. The molecule has 0 aliphatic heterocycles. The number of nitrogens with two attached hydrogens (primary N) is 1. The predicted molar refractivity (Wildman–Crippen MR) is 47.9 cm³/mol. The zero-order chi connectivity index (χ0) is 10.1. The standard InChI is InChI=1S/C8H10FNO2S/c1-6(13(10,11)12)7-2-4-8(9)5-3-7/h2-6H,1H3,(H2,10,11,12). The highest BCUT2D eigenvalue weighted by Crippen LogP contribution is 2.18. The summed E-state index contributed by atoms with van der Waals surface area (Å²) in [5.41, 5.74) is 0.490. The Kier molecular flexibility index (Phi) is 2.68. The molecule has 0 bridgehead atoms. The van der Waals surface area contributed by atoms with Gasteiger partial charge in [-0.05, 0) is 24.6 Å². The molecule has 0 saturated carbocycles. The molecular weight excluding hydrogens is 193 g/mol. The molecule has 0 aliphatic carbocycles. The number of rotatable bonds is 2. The van der Waals surface area contributed by atoms with Crippen molar-refractivity contribution in [1.82, 2.24) is 0 Å². The molecule has 0 aromatic heterocycles. The number of benzene rings is 1. The molecule has 1 atom stereocenters. The number of hydrogen-bond donors (Lipinski definition) is 1. The number of halogens is 1. The molecule has 13 heavy (non-hydrogen) atoms. The van der Waals surface area contributed by atoms with Gasteiger partial charge in [-0.2, -0.15) is 0 Å². The molecule has 0 heterocycles. The fraction of sp³-hybridized carbons (Fsp3) is 0.250. The Morgan fingerprint density at radius 2 is 1.77 bits per heavy atom. The lowest BCUT2D eigenvalue weighted by molar-refractivity contribution is 0.587. The molecule has 72 valence electrons. The zero-order valence-corrected chi connectivity index (χ0v) is 7.88. The minimum absolute atomic E-state index is 0.398. The summed E-state index contributed by atoms with van der Waals surface area (Å²) >= 11 is 0. The highest BCUT2D eigenvalue weighted by molar-refractivity contribution is 7.89. The van der Waals surface area contributed by atoms with E-state index in [1.807, 2.05) is 0 Å². The molecule has 1 aromatic carbocycles. The smallest absolute Gasteiger partial charge is 0.215 e. The normalized spacial score (nSPS) is 14.1. The van der Waals surface area contributed by atoms with Crippen molar-refractivity contribution >= 4 is 10.0 Å². The van der Waals surface area contributed by atoms with Crippen LogP contribution < -0.4 is 5.14 Å². The molecule has 0 fully saturated rings. The van der Waals surface area contributed by atoms with Crippen LogP contribution in [0, 0.1) is 5.82 Å². The van der Waals surface area contributed by atoms with Crippen LogP contribution >= 0.6 is 0 Å². The molecule has 0 saturated heterocycles. The van der Waals surface area contributed by atoms with Crippen molar-refractivity contribution in [2.45, 2.75) is 12.2 Å². The average Bonchev–Trinajstić information content (AvgIpc) is 2.03. The van der Waals surface area contributed by atoms with Crippen LogP contribution in [0.25, 0.3) is 0 Å². The van der Waals surface area contributed by atoms with E-state index >= 15 is 0 Å². The summed E-state index contributed by atoms with van der Waals surface area (Å²) < 4.78 is 34.3. The number of primary sulfonamides is 1. The maximum Gasteiger partial charge on any atom is 0.215 e. The second-order valence-electron chi connectivity index (χ2n) is 2.78. The second kappa shape index (κ2) is 3.43. The second-order valence-corrected chi connectivity index (χ2v) is 4.67. The van der Waals surface area contributed by atoms with Gasteiger partial charge in [0.25, 0.3) is 0 Å². The van der Waals surface area contributed by atoms with E-state index in [0.29, 0.717) is 5.56 Å². The van der Waals surface area contributed by atoms with Crippen LogP contribution in [0.1, 0.15) is 17.7 Å². The SMILES string of the molecule is CC(c1ccc(F)cc1)S(N)(=O)=O. The third kappa shape index (κ3) is 2.50. The van der Waals surface area contributed by atoms with Gasteiger partial charge in [-0.1, -0.05) is 12.1 Å².